The summed E-state index contributed by atoms with van der Waals surface area (Å²) in [6.07, 6.45) is 0.934. The van der Waals surface area contributed by atoms with Gasteiger partial charge >= 0.3 is 0 Å². The highest BCUT2D eigenvalue weighted by Gasteiger charge is 2.27. The van der Waals surface area contributed by atoms with E-state index in [1.807, 2.05) is 0 Å². The summed E-state index contributed by atoms with van der Waals surface area (Å²) in [6, 6.07) is 8.39. The molecule has 2 rings (SSSR count). The molecule has 0 unspecified atom stereocenters. The van der Waals surface area contributed by atoms with Crippen LogP contribution in [0.3, 0.4) is 0 Å². The van der Waals surface area contributed by atoms with Crippen LogP contribution in [0.25, 0.3) is 0 Å². The molecule has 0 aliphatic carbocycles. The molecule has 2 aromatic rings. The molecule has 0 aliphatic rings. The lowest BCUT2D eigenvalue weighted by molar-refractivity contribution is 0.329. The fourth-order valence-corrected chi connectivity index (χ4v) is 5.92. The van der Waals surface area contributed by atoms with Gasteiger partial charge in [-0.1, -0.05) is 95.2 Å². The van der Waals surface area contributed by atoms with Crippen molar-refractivity contribution in [3.63, 3.8) is 0 Å². The molecular weight excluding hydrogens is 468 g/mol. The first-order chi connectivity index (χ1) is 15.7. The second-order valence-corrected chi connectivity index (χ2v) is 16.0. The van der Waals surface area contributed by atoms with Gasteiger partial charge in [0.05, 0.1) is 9.79 Å². The molecule has 0 aromatic heterocycles. The average molecular weight is 515 g/mol. The second kappa shape index (κ2) is 10.6. The molecule has 194 valence electrons. The monoisotopic (exact) mass is 514 g/mol. The first-order valence-corrected chi connectivity index (χ1v) is 14.7. The van der Waals surface area contributed by atoms with Crippen LogP contribution in [-0.2, 0) is 31.9 Å². The molecule has 0 saturated carbocycles. The minimum Gasteiger partial charge on any atom is -0.288 e. The quantitative estimate of drug-likeness (QED) is 0.284. The first kappa shape index (κ1) is 30.0. The fourth-order valence-electron chi connectivity index (χ4n) is 3.82. The molecule has 0 amide bonds. The van der Waals surface area contributed by atoms with Gasteiger partial charge in [0, 0.05) is 11.1 Å². The number of hydrogen-bond acceptors (Lipinski definition) is 2. The molecular formula is C31H46O2S2. The Morgan fingerprint density at radius 2 is 0.829 bits per heavy atom. The van der Waals surface area contributed by atoms with E-state index in [0.29, 0.717) is 0 Å². The standard InChI is InChI=1S/C31H46O2S2/c1-28(2,3)20-16-22(30(7,8)9)26(32)24(18-20)34-14-13-15-35-25-19-21(29(4,5)6)17-23(27(25)33)31(10,11)12/h16-19H,13-15H2,1-12H3. The maximum absolute atomic E-state index is 13.2. The van der Waals surface area contributed by atoms with Crippen molar-refractivity contribution in [2.75, 3.05) is 11.5 Å². The van der Waals surface area contributed by atoms with Crippen LogP contribution in [0.15, 0.2) is 34.1 Å². The molecule has 2 radical (unpaired) electrons. The summed E-state index contributed by atoms with van der Waals surface area (Å²) in [5.41, 5.74) is 3.83. The van der Waals surface area contributed by atoms with Crippen LogP contribution in [0.5, 0.6) is 11.5 Å². The first-order valence-electron chi connectivity index (χ1n) is 12.7. The minimum atomic E-state index is -0.184. The summed E-state index contributed by atoms with van der Waals surface area (Å²) in [6.45, 7) is 25.8. The van der Waals surface area contributed by atoms with Gasteiger partial charge in [-0.2, -0.15) is 0 Å². The topological polar surface area (TPSA) is 39.8 Å². The zero-order valence-corrected chi connectivity index (χ0v) is 25.7. The maximum atomic E-state index is 13.2. The smallest absolute Gasteiger partial charge is 0.195 e. The van der Waals surface area contributed by atoms with Gasteiger partial charge in [0.25, 0.3) is 0 Å². The Morgan fingerprint density at radius 1 is 0.514 bits per heavy atom. The Morgan fingerprint density at radius 3 is 1.09 bits per heavy atom. The summed E-state index contributed by atoms with van der Waals surface area (Å²) in [5, 5.41) is 26.4. The van der Waals surface area contributed by atoms with Crippen LogP contribution in [0.4, 0.5) is 0 Å². The Hall–Kier alpha value is -1.26. The number of hydrogen-bond donors (Lipinski definition) is 0. The highest BCUT2D eigenvalue weighted by atomic mass is 32.2. The van der Waals surface area contributed by atoms with Gasteiger partial charge in [-0.25, -0.2) is 0 Å². The van der Waals surface area contributed by atoms with Gasteiger partial charge in [-0.3, -0.25) is 10.2 Å². The SMILES string of the molecule is CC(C)(C)c1cc(SCCCSc2cc(C(C)(C)C)cc(C(C)(C)C)c2[O])c([O])c(C(C)(C)C)c1. The molecule has 35 heavy (non-hydrogen) atoms. The number of benzene rings is 2. The molecule has 0 N–H and O–H groups in total. The second-order valence-electron chi connectivity index (χ2n) is 13.8. The summed E-state index contributed by atoms with van der Waals surface area (Å²) in [7, 11) is 0. The fraction of sp³-hybridized carbons (Fsp3) is 0.613. The maximum Gasteiger partial charge on any atom is 0.195 e. The van der Waals surface area contributed by atoms with E-state index < -0.39 is 0 Å². The van der Waals surface area contributed by atoms with E-state index in [-0.39, 0.29) is 33.2 Å². The van der Waals surface area contributed by atoms with Crippen LogP contribution in [-0.4, -0.2) is 11.5 Å². The lowest BCUT2D eigenvalue weighted by Crippen LogP contribution is -2.16. The minimum absolute atomic E-state index is 0.00772. The van der Waals surface area contributed by atoms with Crippen LogP contribution < -0.4 is 0 Å². The molecule has 2 aromatic carbocycles. The molecule has 4 heteroatoms. The highest BCUT2D eigenvalue weighted by Crippen LogP contribution is 2.44. The van der Waals surface area contributed by atoms with Crippen molar-refractivity contribution in [3.8, 4) is 11.5 Å². The molecule has 0 atom stereocenters. The van der Waals surface area contributed by atoms with Gasteiger partial charge in [0.2, 0.25) is 0 Å². The Labute approximate surface area is 223 Å². The van der Waals surface area contributed by atoms with Crippen LogP contribution in [0.2, 0.25) is 0 Å². The summed E-state index contributed by atoms with van der Waals surface area (Å²) < 4.78 is 0. The Balaban J connectivity index is 2.18. The van der Waals surface area contributed by atoms with E-state index in [4.69, 9.17) is 0 Å². The van der Waals surface area contributed by atoms with E-state index >= 15 is 0 Å². The molecule has 2 nitrogen and oxygen atoms in total. The van der Waals surface area contributed by atoms with E-state index in [1.165, 1.54) is 11.1 Å². The predicted molar refractivity (Wildman–Crippen MR) is 154 cm³/mol. The van der Waals surface area contributed by atoms with Crippen LogP contribution in [0.1, 0.15) is 112 Å². The molecule has 0 heterocycles. The van der Waals surface area contributed by atoms with Gasteiger partial charge in [0.1, 0.15) is 0 Å². The molecule has 0 aliphatic heterocycles. The van der Waals surface area contributed by atoms with Crippen molar-refractivity contribution in [2.24, 2.45) is 0 Å². The third-order valence-corrected chi connectivity index (χ3v) is 8.48. The van der Waals surface area contributed by atoms with Gasteiger partial charge in [-0.15, -0.1) is 23.5 Å². The lowest BCUT2D eigenvalue weighted by atomic mass is 9.80. The molecule has 0 fully saturated rings. The normalized spacial score (nSPS) is 13.4. The third-order valence-electron chi connectivity index (χ3n) is 6.26. The summed E-state index contributed by atoms with van der Waals surface area (Å²) in [4.78, 5) is 1.70. The molecule has 0 bridgehead atoms. The van der Waals surface area contributed by atoms with E-state index in [1.54, 1.807) is 23.5 Å². The van der Waals surface area contributed by atoms with Crippen molar-refractivity contribution >= 4 is 23.5 Å². The number of rotatable bonds is 6. The van der Waals surface area contributed by atoms with E-state index in [0.717, 1.165) is 38.8 Å². The summed E-state index contributed by atoms with van der Waals surface area (Å²) >= 11 is 3.32. The third kappa shape index (κ3) is 7.86. The van der Waals surface area contributed by atoms with Crippen molar-refractivity contribution in [1.29, 1.82) is 0 Å². The van der Waals surface area contributed by atoms with Crippen LogP contribution in [0, 0.1) is 0 Å². The van der Waals surface area contributed by atoms with Gasteiger partial charge < -0.3 is 0 Å². The predicted octanol–water partition coefficient (Wildman–Crippen LogP) is 10.4. The molecule has 0 saturated heterocycles. The van der Waals surface area contributed by atoms with Crippen molar-refractivity contribution in [3.05, 3.63) is 46.5 Å². The van der Waals surface area contributed by atoms with E-state index in [2.05, 4.69) is 107 Å². The van der Waals surface area contributed by atoms with Crippen molar-refractivity contribution < 1.29 is 10.2 Å². The Kier molecular flexibility index (Phi) is 9.09. The zero-order chi connectivity index (χ0) is 27.0. The highest BCUT2D eigenvalue weighted by molar-refractivity contribution is 8.00. The van der Waals surface area contributed by atoms with Gasteiger partial charge in [0.15, 0.2) is 11.5 Å². The van der Waals surface area contributed by atoms with Crippen LogP contribution >= 0.6 is 23.5 Å². The lowest BCUT2D eigenvalue weighted by Gasteiger charge is -2.26. The van der Waals surface area contributed by atoms with Crippen molar-refractivity contribution in [1.82, 2.24) is 0 Å². The number of thioether (sulfide) groups is 2. The molecule has 0 spiro atoms. The summed E-state index contributed by atoms with van der Waals surface area (Å²) in [5.74, 6) is 2.05. The van der Waals surface area contributed by atoms with E-state index in [9.17, 15) is 10.2 Å². The average Bonchev–Trinajstić information content (AvgIpc) is 2.66. The largest absolute Gasteiger partial charge is 0.288 e. The van der Waals surface area contributed by atoms with Crippen molar-refractivity contribution in [2.45, 2.75) is 121 Å². The van der Waals surface area contributed by atoms with Gasteiger partial charge in [-0.05, 0) is 62.8 Å². The Bertz CT molecular complexity index is 943. The zero-order valence-electron chi connectivity index (χ0n) is 24.1.